The molecular weight excluding hydrogens is 266 g/mol. The van der Waals surface area contributed by atoms with Gasteiger partial charge in [-0.3, -0.25) is 4.79 Å². The molecule has 5 nitrogen and oxygen atoms in total. The maximum atomic E-state index is 12.0. The van der Waals surface area contributed by atoms with E-state index in [0.29, 0.717) is 18.0 Å². The van der Waals surface area contributed by atoms with E-state index in [0.717, 1.165) is 16.5 Å². The molecule has 21 heavy (non-hydrogen) atoms. The van der Waals surface area contributed by atoms with Gasteiger partial charge < -0.3 is 15.0 Å². The molecule has 1 amide bonds. The first kappa shape index (κ1) is 13.2. The zero-order valence-electron chi connectivity index (χ0n) is 11.6. The number of benzene rings is 1. The van der Waals surface area contributed by atoms with Crippen molar-refractivity contribution in [3.05, 3.63) is 54.4 Å². The molecule has 1 aromatic carbocycles. The van der Waals surface area contributed by atoms with Gasteiger partial charge in [-0.2, -0.15) is 0 Å². The van der Waals surface area contributed by atoms with Crippen molar-refractivity contribution >= 4 is 22.5 Å². The maximum Gasteiger partial charge on any atom is 0.228 e. The summed E-state index contributed by atoms with van der Waals surface area (Å²) in [6, 6.07) is 11.4. The largest absolute Gasteiger partial charge is 0.481 e. The summed E-state index contributed by atoms with van der Waals surface area (Å²) >= 11 is 0. The Kier molecular flexibility index (Phi) is 3.55. The summed E-state index contributed by atoms with van der Waals surface area (Å²) in [4.78, 5) is 19.2. The fraction of sp³-hybridized carbons (Fsp3) is 0.125. The quantitative estimate of drug-likeness (QED) is 0.772. The molecule has 0 radical (unpaired) electrons. The third-order valence-corrected chi connectivity index (χ3v) is 3.21. The fourth-order valence-corrected chi connectivity index (χ4v) is 2.18. The highest BCUT2D eigenvalue weighted by molar-refractivity contribution is 5.93. The summed E-state index contributed by atoms with van der Waals surface area (Å²) in [5, 5.41) is 3.92. The van der Waals surface area contributed by atoms with Crippen molar-refractivity contribution in [2.45, 2.75) is 6.42 Å². The van der Waals surface area contributed by atoms with E-state index in [1.165, 1.54) is 0 Å². The Morgan fingerprint density at radius 1 is 1.29 bits per heavy atom. The van der Waals surface area contributed by atoms with Crippen LogP contribution < -0.4 is 10.1 Å². The van der Waals surface area contributed by atoms with Crippen LogP contribution in [-0.4, -0.2) is 23.0 Å². The summed E-state index contributed by atoms with van der Waals surface area (Å²) in [7, 11) is 1.55. The van der Waals surface area contributed by atoms with Crippen molar-refractivity contribution in [3.63, 3.8) is 0 Å². The van der Waals surface area contributed by atoms with Crippen molar-refractivity contribution in [2.75, 3.05) is 12.4 Å². The third kappa shape index (κ3) is 3.02. The minimum atomic E-state index is -0.0724. The van der Waals surface area contributed by atoms with Crippen molar-refractivity contribution in [2.24, 2.45) is 0 Å². The van der Waals surface area contributed by atoms with Crippen LogP contribution in [0.3, 0.4) is 0 Å². The molecule has 0 saturated carbocycles. The van der Waals surface area contributed by atoms with Crippen molar-refractivity contribution in [1.82, 2.24) is 9.97 Å². The minimum Gasteiger partial charge on any atom is -0.481 e. The second-order valence-corrected chi connectivity index (χ2v) is 4.71. The van der Waals surface area contributed by atoms with E-state index in [1.807, 2.05) is 30.5 Å². The third-order valence-electron chi connectivity index (χ3n) is 3.21. The standard InChI is InChI=1S/C16H15N3O2/c1-21-16-5-3-13(10-18-16)19-15(20)9-11-2-4-14-12(8-11)6-7-17-14/h2-8,10,17H,9H2,1H3,(H,19,20). The lowest BCUT2D eigenvalue weighted by Gasteiger charge is -2.06. The molecule has 0 saturated heterocycles. The van der Waals surface area contributed by atoms with E-state index in [2.05, 4.69) is 15.3 Å². The topological polar surface area (TPSA) is 67.0 Å². The number of carbonyl (C=O) groups excluding carboxylic acids is 1. The molecule has 2 N–H and O–H groups in total. The molecule has 3 aromatic rings. The number of methoxy groups -OCH3 is 1. The highest BCUT2D eigenvalue weighted by Crippen LogP contribution is 2.16. The van der Waals surface area contributed by atoms with E-state index in [1.54, 1.807) is 25.4 Å². The van der Waals surface area contributed by atoms with Crippen LogP contribution >= 0.6 is 0 Å². The van der Waals surface area contributed by atoms with Gasteiger partial charge in [0.2, 0.25) is 11.8 Å². The number of hydrogen-bond acceptors (Lipinski definition) is 3. The molecule has 106 valence electrons. The predicted octanol–water partition coefficient (Wildman–Crippen LogP) is 2.75. The second-order valence-electron chi connectivity index (χ2n) is 4.71. The van der Waals surface area contributed by atoms with Crippen LogP contribution in [-0.2, 0) is 11.2 Å². The van der Waals surface area contributed by atoms with Gasteiger partial charge in [0.15, 0.2) is 0 Å². The second kappa shape index (κ2) is 5.66. The van der Waals surface area contributed by atoms with Gasteiger partial charge >= 0.3 is 0 Å². The number of H-pyrrole nitrogens is 1. The maximum absolute atomic E-state index is 12.0. The molecular formula is C16H15N3O2. The Morgan fingerprint density at radius 3 is 2.95 bits per heavy atom. The number of anilines is 1. The van der Waals surface area contributed by atoms with Gasteiger partial charge in [0, 0.05) is 17.8 Å². The van der Waals surface area contributed by atoms with Gasteiger partial charge in [0.1, 0.15) is 0 Å². The molecule has 0 fully saturated rings. The van der Waals surface area contributed by atoms with E-state index < -0.39 is 0 Å². The highest BCUT2D eigenvalue weighted by atomic mass is 16.5. The van der Waals surface area contributed by atoms with Crippen LogP contribution in [0.4, 0.5) is 5.69 Å². The Bertz CT molecular complexity index is 763. The Morgan fingerprint density at radius 2 is 2.19 bits per heavy atom. The summed E-state index contributed by atoms with van der Waals surface area (Å²) in [5.41, 5.74) is 2.70. The number of aromatic amines is 1. The van der Waals surface area contributed by atoms with Gasteiger partial charge in [0.05, 0.1) is 25.4 Å². The first-order valence-electron chi connectivity index (χ1n) is 6.60. The average Bonchev–Trinajstić information content (AvgIpc) is 2.95. The highest BCUT2D eigenvalue weighted by Gasteiger charge is 2.06. The van der Waals surface area contributed by atoms with Crippen LogP contribution in [0.2, 0.25) is 0 Å². The summed E-state index contributed by atoms with van der Waals surface area (Å²) in [6.07, 6.45) is 3.79. The van der Waals surface area contributed by atoms with E-state index >= 15 is 0 Å². The molecule has 0 unspecified atom stereocenters. The smallest absolute Gasteiger partial charge is 0.228 e. The molecule has 0 spiro atoms. The Labute approximate surface area is 122 Å². The number of nitrogens with one attached hydrogen (secondary N) is 2. The molecule has 0 aliphatic heterocycles. The van der Waals surface area contributed by atoms with Crippen molar-refractivity contribution in [3.8, 4) is 5.88 Å². The normalized spacial score (nSPS) is 10.5. The number of rotatable bonds is 4. The first-order chi connectivity index (χ1) is 10.2. The van der Waals surface area contributed by atoms with Crippen LogP contribution in [0, 0.1) is 0 Å². The lowest BCUT2D eigenvalue weighted by Crippen LogP contribution is -2.14. The van der Waals surface area contributed by atoms with Gasteiger partial charge in [-0.15, -0.1) is 0 Å². The first-order valence-corrected chi connectivity index (χ1v) is 6.60. The lowest BCUT2D eigenvalue weighted by atomic mass is 10.1. The number of pyridine rings is 1. The average molecular weight is 281 g/mol. The zero-order valence-corrected chi connectivity index (χ0v) is 11.6. The molecule has 0 aliphatic rings. The number of ether oxygens (including phenoxy) is 1. The van der Waals surface area contributed by atoms with Crippen LogP contribution in [0.5, 0.6) is 5.88 Å². The summed E-state index contributed by atoms with van der Waals surface area (Å²) < 4.78 is 4.98. The van der Waals surface area contributed by atoms with E-state index in [-0.39, 0.29) is 5.91 Å². The van der Waals surface area contributed by atoms with Crippen molar-refractivity contribution < 1.29 is 9.53 Å². The number of carbonyl (C=O) groups is 1. The van der Waals surface area contributed by atoms with Crippen LogP contribution in [0.1, 0.15) is 5.56 Å². The van der Waals surface area contributed by atoms with Crippen LogP contribution in [0.15, 0.2) is 48.8 Å². The van der Waals surface area contributed by atoms with Gasteiger partial charge in [-0.05, 0) is 35.2 Å². The number of nitrogens with zero attached hydrogens (tertiary/aromatic N) is 1. The van der Waals surface area contributed by atoms with Gasteiger partial charge in [-0.1, -0.05) is 6.07 Å². The molecule has 5 heteroatoms. The van der Waals surface area contributed by atoms with Gasteiger partial charge in [-0.25, -0.2) is 4.98 Å². The molecule has 3 rings (SSSR count). The molecule has 0 atom stereocenters. The fourth-order valence-electron chi connectivity index (χ4n) is 2.18. The molecule has 0 bridgehead atoms. The Hall–Kier alpha value is -2.82. The number of aromatic nitrogens is 2. The molecule has 2 aromatic heterocycles. The Balaban J connectivity index is 1.67. The number of fused-ring (bicyclic) bond motifs is 1. The molecule has 0 aliphatic carbocycles. The van der Waals surface area contributed by atoms with Gasteiger partial charge in [0.25, 0.3) is 0 Å². The zero-order chi connectivity index (χ0) is 14.7. The summed E-state index contributed by atoms with van der Waals surface area (Å²) in [6.45, 7) is 0. The number of amides is 1. The summed E-state index contributed by atoms with van der Waals surface area (Å²) in [5.74, 6) is 0.447. The predicted molar refractivity (Wildman–Crippen MR) is 81.4 cm³/mol. The SMILES string of the molecule is COc1ccc(NC(=O)Cc2ccc3[nH]ccc3c2)cn1. The minimum absolute atomic E-state index is 0.0724. The lowest BCUT2D eigenvalue weighted by molar-refractivity contribution is -0.115. The van der Waals surface area contributed by atoms with E-state index in [9.17, 15) is 4.79 Å². The monoisotopic (exact) mass is 281 g/mol. The van der Waals surface area contributed by atoms with E-state index in [4.69, 9.17) is 4.74 Å². The molecule has 2 heterocycles. The number of hydrogen-bond donors (Lipinski definition) is 2. The van der Waals surface area contributed by atoms with Crippen LogP contribution in [0.25, 0.3) is 10.9 Å². The van der Waals surface area contributed by atoms with Crippen molar-refractivity contribution in [1.29, 1.82) is 0 Å².